The molecular weight excluding hydrogens is 843 g/mol. The highest BCUT2D eigenvalue weighted by molar-refractivity contribution is 7.89. The van der Waals surface area contributed by atoms with Gasteiger partial charge in [0.2, 0.25) is 26.0 Å². The summed E-state index contributed by atoms with van der Waals surface area (Å²) in [4.78, 5) is 12.0. The molecule has 0 aliphatic heterocycles. The molecule has 0 saturated carbocycles. The summed E-state index contributed by atoms with van der Waals surface area (Å²) in [5, 5.41) is 33.1. The van der Waals surface area contributed by atoms with Crippen LogP contribution in [0.2, 0.25) is 0 Å². The number of anilines is 2. The van der Waals surface area contributed by atoms with Crippen molar-refractivity contribution in [3.05, 3.63) is 78.1 Å². The highest BCUT2D eigenvalue weighted by Gasteiger charge is 2.26. The van der Waals surface area contributed by atoms with Gasteiger partial charge in [0, 0.05) is 18.4 Å². The van der Waals surface area contributed by atoms with Crippen molar-refractivity contribution >= 4 is 74.3 Å². The predicted octanol–water partition coefficient (Wildman–Crippen LogP) is 3.52. The fraction of sp³-hybridized carbons (Fsp3) is 0.242. The molecule has 0 bridgehead atoms. The molecule has 0 unspecified atom stereocenters. The van der Waals surface area contributed by atoms with Gasteiger partial charge < -0.3 is 19.3 Å². The van der Waals surface area contributed by atoms with E-state index in [9.17, 15) is 38.8 Å². The lowest BCUT2D eigenvalue weighted by Crippen LogP contribution is -2.27. The molecule has 0 aliphatic carbocycles. The Kier molecular flexibility index (Phi) is 13.0. The van der Waals surface area contributed by atoms with E-state index in [1.54, 1.807) is 19.9 Å². The third-order valence-corrected chi connectivity index (χ3v) is 11.8. The fourth-order valence-corrected chi connectivity index (χ4v) is 8.34. The molecule has 5 aromatic rings. The number of sulfonamides is 2. The van der Waals surface area contributed by atoms with Gasteiger partial charge in [-0.15, -0.1) is 5.11 Å². The number of nitrogens with one attached hydrogen (secondary N) is 2. The molecule has 0 spiro atoms. The number of aromatic nitrogens is 3. The van der Waals surface area contributed by atoms with E-state index >= 15 is 0 Å². The van der Waals surface area contributed by atoms with E-state index < -0.39 is 68.7 Å². The van der Waals surface area contributed by atoms with Crippen molar-refractivity contribution in [2.24, 2.45) is 20.5 Å². The highest BCUT2D eigenvalue weighted by atomic mass is 32.2. The number of rotatable bonds is 17. The van der Waals surface area contributed by atoms with Crippen LogP contribution in [0.1, 0.15) is 39.1 Å². The molecule has 5 rings (SSSR count). The third kappa shape index (κ3) is 10.7. The lowest BCUT2D eigenvalue weighted by Gasteiger charge is -2.17. The highest BCUT2D eigenvalue weighted by Crippen LogP contribution is 2.48. The summed E-state index contributed by atoms with van der Waals surface area (Å²) >= 11 is 0. The number of benzene rings is 4. The van der Waals surface area contributed by atoms with Crippen LogP contribution in [-0.2, 0) is 51.1 Å². The van der Waals surface area contributed by atoms with Crippen LogP contribution in [-0.4, -0.2) is 73.0 Å². The van der Waals surface area contributed by atoms with Crippen LogP contribution >= 0.6 is 0 Å². The Labute approximate surface area is 334 Å². The predicted molar refractivity (Wildman–Crippen MR) is 209 cm³/mol. The summed E-state index contributed by atoms with van der Waals surface area (Å²) in [5.74, 6) is -1.73. The minimum absolute atomic E-state index is 0.0172. The topological polar surface area (TPSA) is 324 Å². The van der Waals surface area contributed by atoms with Gasteiger partial charge in [-0.1, -0.05) is 31.2 Å². The molecule has 1 heterocycles. The molecular formula is C33H37N9O12S4. The Morgan fingerprint density at radius 1 is 0.828 bits per heavy atom. The molecule has 7 N–H and O–H groups in total. The fourth-order valence-electron chi connectivity index (χ4n) is 5.26. The zero-order valence-electron chi connectivity index (χ0n) is 31.0. The first-order valence-electron chi connectivity index (χ1n) is 16.9. The Hall–Kier alpha value is -5.41. The minimum atomic E-state index is -4.57. The molecule has 4 aromatic carbocycles. The van der Waals surface area contributed by atoms with Crippen molar-refractivity contribution in [1.29, 1.82) is 0 Å². The monoisotopic (exact) mass is 879 g/mol. The molecule has 0 fully saturated rings. The smallest absolute Gasteiger partial charge is 0.382 e. The van der Waals surface area contributed by atoms with Gasteiger partial charge in [0.1, 0.15) is 5.82 Å². The molecule has 0 radical (unpaired) electrons. The summed E-state index contributed by atoms with van der Waals surface area (Å²) in [6.45, 7) is 5.93. The first kappa shape index (κ1) is 43.7. The number of hydrogen-bond donors (Lipinski definition) is 5. The number of hydrogen-bond acceptors (Lipinski definition) is 18. The van der Waals surface area contributed by atoms with Gasteiger partial charge in [0.05, 0.1) is 38.8 Å². The molecule has 21 nitrogen and oxygen atoms in total. The normalized spacial score (nSPS) is 12.7. The number of nitrogens with zero attached hydrogens (tertiary/aromatic N) is 5. The lowest BCUT2D eigenvalue weighted by atomic mass is 10.1. The molecule has 0 saturated heterocycles. The second kappa shape index (κ2) is 17.2. The molecule has 58 heavy (non-hydrogen) atoms. The maximum Gasteiger partial charge on any atom is 0.382 e. The van der Waals surface area contributed by atoms with Crippen molar-refractivity contribution in [3.63, 3.8) is 0 Å². The van der Waals surface area contributed by atoms with Gasteiger partial charge in [0.25, 0.3) is 10.1 Å². The molecule has 310 valence electrons. The van der Waals surface area contributed by atoms with Crippen molar-refractivity contribution in [3.8, 4) is 17.5 Å². The van der Waals surface area contributed by atoms with Gasteiger partial charge in [-0.25, -0.2) is 27.1 Å². The summed E-state index contributed by atoms with van der Waals surface area (Å²) in [6.07, 6.45) is -0.652. The summed E-state index contributed by atoms with van der Waals surface area (Å²) in [6, 6.07) is 13.8. The second-order valence-electron chi connectivity index (χ2n) is 12.3. The molecule has 0 amide bonds. The van der Waals surface area contributed by atoms with Gasteiger partial charge in [-0.2, -0.15) is 41.6 Å². The Balaban J connectivity index is 1.77. The summed E-state index contributed by atoms with van der Waals surface area (Å²) in [7, 11) is -17.4. The number of fused-ring (bicyclic) bond motifs is 1. The van der Waals surface area contributed by atoms with Crippen LogP contribution < -0.4 is 29.2 Å². The zero-order chi connectivity index (χ0) is 42.6. The van der Waals surface area contributed by atoms with Crippen molar-refractivity contribution in [1.82, 2.24) is 19.7 Å². The van der Waals surface area contributed by atoms with E-state index in [0.717, 1.165) is 24.3 Å². The molecule has 0 atom stereocenters. The maximum atomic E-state index is 13.3. The number of aromatic hydroxyl groups is 1. The second-order valence-corrected chi connectivity index (χ2v) is 18.3. The van der Waals surface area contributed by atoms with Gasteiger partial charge in [-0.3, -0.25) is 4.18 Å². The largest absolute Gasteiger partial charge is 0.505 e. The quantitative estimate of drug-likeness (QED) is 0.0659. The number of ether oxygens (including phenoxy) is 1. The van der Waals surface area contributed by atoms with Gasteiger partial charge >= 0.3 is 16.3 Å². The van der Waals surface area contributed by atoms with E-state index in [0.29, 0.717) is 0 Å². The zero-order valence-corrected chi connectivity index (χ0v) is 34.3. The van der Waals surface area contributed by atoms with Crippen LogP contribution in [0.4, 0.5) is 23.0 Å². The Bertz CT molecular complexity index is 2860. The average molecular weight is 880 g/mol. The summed E-state index contributed by atoms with van der Waals surface area (Å²) in [5.41, 5.74) is -0.657. The first-order valence-corrected chi connectivity index (χ1v) is 22.8. The maximum absolute atomic E-state index is 13.3. The number of azo groups is 1. The summed E-state index contributed by atoms with van der Waals surface area (Å²) < 4.78 is 119. The number of phenolic OH excluding ortho intramolecular Hbond substituents is 1. The van der Waals surface area contributed by atoms with Crippen LogP contribution in [0, 0.1) is 0 Å². The lowest BCUT2D eigenvalue weighted by molar-refractivity contribution is 0.221. The van der Waals surface area contributed by atoms with E-state index in [4.69, 9.17) is 23.4 Å². The number of phenols is 1. The van der Waals surface area contributed by atoms with Gasteiger partial charge in [0.15, 0.2) is 17.2 Å². The van der Waals surface area contributed by atoms with Crippen molar-refractivity contribution in [2.45, 2.75) is 54.9 Å². The van der Waals surface area contributed by atoms with E-state index in [2.05, 4.69) is 35.2 Å². The number of primary sulfonamides is 2. The van der Waals surface area contributed by atoms with Crippen LogP contribution in [0.25, 0.3) is 10.8 Å². The van der Waals surface area contributed by atoms with E-state index in [1.807, 2.05) is 0 Å². The van der Waals surface area contributed by atoms with Crippen molar-refractivity contribution < 1.29 is 51.9 Å². The SMILES string of the molecule is CCNS(=O)(=O)Oc1cc2cc(S(=O)(=O)OCC)cc(Nc3nc(Cc4ccccc4S(N)(=O)=O)nc(OC(C)C)n3)c2c(O)c1N=Nc1cccc(S(N)(=O)=O)c1. The Morgan fingerprint density at radius 3 is 2.21 bits per heavy atom. The van der Waals surface area contributed by atoms with Crippen LogP contribution in [0.5, 0.6) is 17.5 Å². The average Bonchev–Trinajstić information content (AvgIpc) is 3.10. The molecule has 0 aliphatic rings. The minimum Gasteiger partial charge on any atom is -0.505 e. The first-order chi connectivity index (χ1) is 27.1. The van der Waals surface area contributed by atoms with Crippen molar-refractivity contribution in [2.75, 3.05) is 18.5 Å². The van der Waals surface area contributed by atoms with Crippen LogP contribution in [0.15, 0.2) is 91.6 Å². The molecule has 25 heteroatoms. The van der Waals surface area contributed by atoms with Crippen LogP contribution in [0.3, 0.4) is 0 Å². The van der Waals surface area contributed by atoms with Gasteiger partial charge in [-0.05, 0) is 74.2 Å². The number of nitrogens with two attached hydrogens (primary N) is 2. The third-order valence-electron chi connectivity index (χ3n) is 7.49. The standard InChI is InChI=1S/C33H37N9O12S4/c1-5-36-58(50,51)54-26-15-21-14-24(57(48,49)52-6-2)18-25(29(21)31(43)30(26)42-41-22-11-9-12-23(17-22)55(34,44)45)37-32-38-28(39-33(40-32)53-19(3)4)16-20-10-7-8-13-27(20)56(35,46)47/h7-15,17-19,36,43H,5-6,16H2,1-4H3,(H2,34,44,45)(H2,35,46,47)(H,37,38,39,40). The van der Waals surface area contributed by atoms with E-state index in [1.165, 1.54) is 50.2 Å². The Morgan fingerprint density at radius 2 is 1.55 bits per heavy atom. The molecule has 1 aromatic heterocycles. The van der Waals surface area contributed by atoms with E-state index in [-0.39, 0.29) is 74.9 Å².